The Bertz CT molecular complexity index is 844. The lowest BCUT2D eigenvalue weighted by molar-refractivity contribution is -0.142. The molecule has 0 saturated heterocycles. The number of hydrogen-bond donors (Lipinski definition) is 1. The van der Waals surface area contributed by atoms with E-state index in [0.29, 0.717) is 32.4 Å². The van der Waals surface area contributed by atoms with Crippen LogP contribution in [-0.4, -0.2) is 42.0 Å². The highest BCUT2D eigenvalue weighted by atomic mass is 16.5. The molecule has 0 saturated carbocycles. The zero-order valence-corrected chi connectivity index (χ0v) is 19.9. The minimum Gasteiger partial charge on any atom is -0.497 e. The Morgan fingerprint density at radius 1 is 1.00 bits per heavy atom. The highest BCUT2D eigenvalue weighted by molar-refractivity contribution is 5.88. The fourth-order valence-corrected chi connectivity index (χ4v) is 3.38. The largest absolute Gasteiger partial charge is 0.497 e. The summed E-state index contributed by atoms with van der Waals surface area (Å²) in [6.07, 6.45) is 1.42. The second-order valence-electron chi connectivity index (χ2n) is 8.80. The van der Waals surface area contributed by atoms with E-state index in [-0.39, 0.29) is 17.4 Å². The van der Waals surface area contributed by atoms with Gasteiger partial charge in [-0.25, -0.2) is 0 Å². The van der Waals surface area contributed by atoms with Gasteiger partial charge in [-0.1, -0.05) is 37.3 Å². The second kappa shape index (κ2) is 12.1. The van der Waals surface area contributed by atoms with Crippen molar-refractivity contribution in [2.75, 3.05) is 13.7 Å². The minimum absolute atomic E-state index is 0.0527. The van der Waals surface area contributed by atoms with Crippen molar-refractivity contribution in [3.05, 3.63) is 60.2 Å². The lowest BCUT2D eigenvalue weighted by Gasteiger charge is -2.33. The van der Waals surface area contributed by atoms with Gasteiger partial charge in [-0.05, 0) is 63.4 Å². The van der Waals surface area contributed by atoms with E-state index in [9.17, 15) is 9.59 Å². The molecule has 1 atom stereocenters. The molecule has 32 heavy (non-hydrogen) atoms. The standard InChI is InChI=1S/C26H36N2O4/c1-6-23(25(30)27-26(2,3)4)28(19-20-11-8-7-9-12-20)24(29)13-10-18-32-22-16-14-21(31-5)15-17-22/h7-9,11-12,14-17,23H,6,10,13,18-19H2,1-5H3,(H,27,30)/t23-/m1/s1. The topological polar surface area (TPSA) is 67.9 Å². The number of benzene rings is 2. The van der Waals surface area contributed by atoms with Gasteiger partial charge in [0.2, 0.25) is 11.8 Å². The fraction of sp³-hybridized carbons (Fsp3) is 0.462. The highest BCUT2D eigenvalue weighted by Gasteiger charge is 2.30. The molecule has 0 bridgehead atoms. The first kappa shape index (κ1) is 25.2. The monoisotopic (exact) mass is 440 g/mol. The van der Waals surface area contributed by atoms with E-state index in [0.717, 1.165) is 17.1 Å². The van der Waals surface area contributed by atoms with Gasteiger partial charge in [0.15, 0.2) is 0 Å². The Labute approximate surface area is 191 Å². The SMILES string of the molecule is CC[C@H](C(=O)NC(C)(C)C)N(Cc1ccccc1)C(=O)CCCOc1ccc(OC)cc1. The van der Waals surface area contributed by atoms with Crippen molar-refractivity contribution in [1.29, 1.82) is 0 Å². The molecule has 0 radical (unpaired) electrons. The van der Waals surface area contributed by atoms with Gasteiger partial charge in [0.05, 0.1) is 13.7 Å². The van der Waals surface area contributed by atoms with Crippen molar-refractivity contribution in [2.45, 2.75) is 65.1 Å². The van der Waals surface area contributed by atoms with E-state index >= 15 is 0 Å². The molecule has 0 unspecified atom stereocenters. The smallest absolute Gasteiger partial charge is 0.243 e. The van der Waals surface area contributed by atoms with E-state index in [1.54, 1.807) is 12.0 Å². The minimum atomic E-state index is -0.524. The van der Waals surface area contributed by atoms with Gasteiger partial charge in [-0.2, -0.15) is 0 Å². The molecule has 0 aliphatic heterocycles. The Morgan fingerprint density at radius 3 is 2.19 bits per heavy atom. The molecule has 0 fully saturated rings. The van der Waals surface area contributed by atoms with E-state index < -0.39 is 6.04 Å². The molecule has 0 spiro atoms. The van der Waals surface area contributed by atoms with Crippen molar-refractivity contribution >= 4 is 11.8 Å². The first-order valence-electron chi connectivity index (χ1n) is 11.2. The number of methoxy groups -OCH3 is 1. The van der Waals surface area contributed by atoms with Crippen molar-refractivity contribution in [1.82, 2.24) is 10.2 Å². The Kier molecular flexibility index (Phi) is 9.57. The van der Waals surface area contributed by atoms with Crippen LogP contribution in [0.25, 0.3) is 0 Å². The van der Waals surface area contributed by atoms with Crippen molar-refractivity contribution in [2.24, 2.45) is 0 Å². The summed E-state index contributed by atoms with van der Waals surface area (Å²) < 4.78 is 10.9. The fourth-order valence-electron chi connectivity index (χ4n) is 3.38. The number of nitrogens with zero attached hydrogens (tertiary/aromatic N) is 1. The molecule has 1 N–H and O–H groups in total. The molecule has 6 heteroatoms. The van der Waals surface area contributed by atoms with Crippen molar-refractivity contribution in [3.63, 3.8) is 0 Å². The number of carbonyl (C=O) groups is 2. The van der Waals surface area contributed by atoms with Crippen LogP contribution in [0.3, 0.4) is 0 Å². The lowest BCUT2D eigenvalue weighted by atomic mass is 10.0. The summed E-state index contributed by atoms with van der Waals surface area (Å²) in [5, 5.41) is 3.02. The van der Waals surface area contributed by atoms with E-state index in [4.69, 9.17) is 9.47 Å². The predicted octanol–water partition coefficient (Wildman–Crippen LogP) is 4.58. The third kappa shape index (κ3) is 8.25. The van der Waals surface area contributed by atoms with Crippen LogP contribution in [0.4, 0.5) is 0 Å². The third-order valence-corrected chi connectivity index (χ3v) is 4.94. The van der Waals surface area contributed by atoms with Gasteiger partial charge >= 0.3 is 0 Å². The summed E-state index contributed by atoms with van der Waals surface area (Å²) in [6.45, 7) is 8.58. The predicted molar refractivity (Wildman–Crippen MR) is 127 cm³/mol. The van der Waals surface area contributed by atoms with E-state index in [2.05, 4.69) is 5.32 Å². The van der Waals surface area contributed by atoms with Gasteiger partial charge < -0.3 is 19.7 Å². The van der Waals surface area contributed by atoms with Crippen LogP contribution in [0.1, 0.15) is 52.5 Å². The van der Waals surface area contributed by atoms with Crippen LogP contribution in [-0.2, 0) is 16.1 Å². The molecule has 2 aromatic rings. The van der Waals surface area contributed by atoms with Crippen LogP contribution in [0.2, 0.25) is 0 Å². The van der Waals surface area contributed by atoms with E-state index in [1.165, 1.54) is 0 Å². The van der Waals surface area contributed by atoms with Crippen molar-refractivity contribution < 1.29 is 19.1 Å². The summed E-state index contributed by atoms with van der Waals surface area (Å²) in [5.74, 6) is 1.32. The number of rotatable bonds is 11. The number of nitrogens with one attached hydrogen (secondary N) is 1. The number of amides is 2. The number of carbonyl (C=O) groups excluding carboxylic acids is 2. The van der Waals surface area contributed by atoms with Gasteiger partial charge in [0.1, 0.15) is 17.5 Å². The van der Waals surface area contributed by atoms with Crippen LogP contribution in [0.15, 0.2) is 54.6 Å². The summed E-state index contributed by atoms with van der Waals surface area (Å²) in [6, 6.07) is 16.6. The Balaban J connectivity index is 2.02. The maximum Gasteiger partial charge on any atom is 0.243 e. The summed E-state index contributed by atoms with van der Waals surface area (Å²) in [4.78, 5) is 27.8. The molecule has 2 rings (SSSR count). The second-order valence-corrected chi connectivity index (χ2v) is 8.80. The average molecular weight is 441 g/mol. The molecule has 0 aliphatic rings. The molecular weight excluding hydrogens is 404 g/mol. The van der Waals surface area contributed by atoms with Gasteiger partial charge in [0, 0.05) is 18.5 Å². The summed E-state index contributed by atoms with van der Waals surface area (Å²) >= 11 is 0. The Hall–Kier alpha value is -3.02. The maximum atomic E-state index is 13.2. The molecule has 6 nitrogen and oxygen atoms in total. The number of hydrogen-bond acceptors (Lipinski definition) is 4. The van der Waals surface area contributed by atoms with Crippen LogP contribution in [0.5, 0.6) is 11.5 Å². The van der Waals surface area contributed by atoms with Gasteiger partial charge in [-0.3, -0.25) is 9.59 Å². The van der Waals surface area contributed by atoms with Gasteiger partial charge in [-0.15, -0.1) is 0 Å². The lowest BCUT2D eigenvalue weighted by Crippen LogP contribution is -2.53. The zero-order chi connectivity index (χ0) is 23.6. The maximum absolute atomic E-state index is 13.2. The van der Waals surface area contributed by atoms with Gasteiger partial charge in [0.25, 0.3) is 0 Å². The molecule has 0 aliphatic carbocycles. The molecule has 2 aromatic carbocycles. The normalized spacial score (nSPS) is 12.0. The average Bonchev–Trinajstić information content (AvgIpc) is 2.76. The molecule has 0 heterocycles. The highest BCUT2D eigenvalue weighted by Crippen LogP contribution is 2.18. The molecule has 174 valence electrons. The Morgan fingerprint density at radius 2 is 1.62 bits per heavy atom. The summed E-state index contributed by atoms with van der Waals surface area (Å²) in [7, 11) is 1.62. The molecular formula is C26H36N2O4. The van der Waals surface area contributed by atoms with Crippen LogP contribution >= 0.6 is 0 Å². The summed E-state index contributed by atoms with van der Waals surface area (Å²) in [5.41, 5.74) is 0.635. The first-order valence-corrected chi connectivity index (χ1v) is 11.2. The van der Waals surface area contributed by atoms with E-state index in [1.807, 2.05) is 82.3 Å². The van der Waals surface area contributed by atoms with Crippen LogP contribution < -0.4 is 14.8 Å². The third-order valence-electron chi connectivity index (χ3n) is 4.94. The quantitative estimate of drug-likeness (QED) is 0.520. The number of ether oxygens (including phenoxy) is 2. The van der Waals surface area contributed by atoms with Crippen LogP contribution in [0, 0.1) is 0 Å². The zero-order valence-electron chi connectivity index (χ0n) is 19.9. The first-order chi connectivity index (χ1) is 15.2. The van der Waals surface area contributed by atoms with Crippen molar-refractivity contribution in [3.8, 4) is 11.5 Å². The molecule has 2 amide bonds. The molecule has 0 aromatic heterocycles.